The van der Waals surface area contributed by atoms with Crippen LogP contribution in [0.4, 0.5) is 0 Å². The van der Waals surface area contributed by atoms with E-state index in [1.807, 2.05) is 0 Å². The molecular formula is C14H17Cl2NO2S. The van der Waals surface area contributed by atoms with Crippen LogP contribution in [-0.4, -0.2) is 42.4 Å². The number of aliphatic hydroxyl groups is 1. The van der Waals surface area contributed by atoms with Gasteiger partial charge in [0, 0.05) is 23.9 Å². The van der Waals surface area contributed by atoms with E-state index in [1.165, 1.54) is 0 Å². The smallest absolute Gasteiger partial charge is 0.138 e. The molecule has 1 unspecified atom stereocenters. The Balaban J connectivity index is 2.16. The van der Waals surface area contributed by atoms with Crippen LogP contribution in [0.15, 0.2) is 18.2 Å². The standard InChI is InChI=1S/C14H17Cl2NO2S/c1-2-6-20-7-5-17-9-12(18)10-19-14-4-3-11(15)8-13(14)16/h1,3-4,8,12,17-18H,5-7,9-10H2. The van der Waals surface area contributed by atoms with Crippen LogP contribution in [0.25, 0.3) is 0 Å². The number of ether oxygens (including phenoxy) is 1. The predicted octanol–water partition coefficient (Wildman–Crippen LogP) is 2.69. The molecule has 0 aliphatic rings. The Kier molecular flexibility index (Phi) is 8.92. The lowest BCUT2D eigenvalue weighted by atomic mass is 10.3. The van der Waals surface area contributed by atoms with Crippen molar-refractivity contribution >= 4 is 35.0 Å². The molecule has 0 saturated heterocycles. The van der Waals surface area contributed by atoms with E-state index < -0.39 is 6.10 Å². The van der Waals surface area contributed by atoms with Crippen molar-refractivity contribution in [2.45, 2.75) is 6.10 Å². The molecule has 0 spiro atoms. The zero-order valence-corrected chi connectivity index (χ0v) is 13.3. The third-order valence-corrected chi connectivity index (χ3v) is 3.71. The molecular weight excluding hydrogens is 317 g/mol. The van der Waals surface area contributed by atoms with Crippen LogP contribution < -0.4 is 10.1 Å². The van der Waals surface area contributed by atoms with Crippen molar-refractivity contribution in [1.29, 1.82) is 0 Å². The fourth-order valence-corrected chi connectivity index (χ4v) is 2.40. The molecule has 0 amide bonds. The van der Waals surface area contributed by atoms with Crippen molar-refractivity contribution in [3.8, 4) is 18.1 Å². The van der Waals surface area contributed by atoms with Gasteiger partial charge in [0.2, 0.25) is 0 Å². The second-order valence-electron chi connectivity index (χ2n) is 4.00. The Labute approximate surface area is 134 Å². The van der Waals surface area contributed by atoms with Gasteiger partial charge in [-0.3, -0.25) is 0 Å². The molecule has 6 heteroatoms. The highest BCUT2D eigenvalue weighted by Crippen LogP contribution is 2.27. The summed E-state index contributed by atoms with van der Waals surface area (Å²) in [7, 11) is 0. The molecule has 0 saturated carbocycles. The molecule has 3 nitrogen and oxygen atoms in total. The third-order valence-electron chi connectivity index (χ3n) is 2.31. The van der Waals surface area contributed by atoms with Gasteiger partial charge in [-0.15, -0.1) is 18.2 Å². The molecule has 0 fully saturated rings. The number of terminal acetylenes is 1. The summed E-state index contributed by atoms with van der Waals surface area (Å²) in [6, 6.07) is 4.98. The molecule has 1 aromatic carbocycles. The first-order chi connectivity index (χ1) is 9.63. The minimum atomic E-state index is -0.598. The summed E-state index contributed by atoms with van der Waals surface area (Å²) in [5, 5.41) is 13.9. The molecule has 0 aliphatic carbocycles. The van der Waals surface area contributed by atoms with Crippen molar-refractivity contribution in [3.05, 3.63) is 28.2 Å². The lowest BCUT2D eigenvalue weighted by Gasteiger charge is -2.14. The van der Waals surface area contributed by atoms with Gasteiger partial charge in [-0.2, -0.15) is 0 Å². The third kappa shape index (κ3) is 7.28. The van der Waals surface area contributed by atoms with Gasteiger partial charge in [0.25, 0.3) is 0 Å². The van der Waals surface area contributed by atoms with E-state index in [-0.39, 0.29) is 6.61 Å². The van der Waals surface area contributed by atoms with Crippen LogP contribution in [-0.2, 0) is 0 Å². The normalized spacial score (nSPS) is 11.9. The number of benzene rings is 1. The number of rotatable bonds is 9. The van der Waals surface area contributed by atoms with E-state index in [4.69, 9.17) is 34.4 Å². The van der Waals surface area contributed by atoms with Gasteiger partial charge in [-0.1, -0.05) is 29.1 Å². The highest BCUT2D eigenvalue weighted by atomic mass is 35.5. The average molecular weight is 334 g/mol. The molecule has 1 atom stereocenters. The molecule has 0 bridgehead atoms. The van der Waals surface area contributed by atoms with Crippen LogP contribution in [0.5, 0.6) is 5.75 Å². The number of aliphatic hydroxyl groups excluding tert-OH is 1. The number of hydrogen-bond donors (Lipinski definition) is 2. The fraction of sp³-hybridized carbons (Fsp3) is 0.429. The van der Waals surface area contributed by atoms with Crippen molar-refractivity contribution in [3.63, 3.8) is 0 Å². The lowest BCUT2D eigenvalue weighted by molar-refractivity contribution is 0.107. The van der Waals surface area contributed by atoms with E-state index in [9.17, 15) is 5.11 Å². The number of thioether (sulfide) groups is 1. The van der Waals surface area contributed by atoms with E-state index in [0.717, 1.165) is 12.3 Å². The van der Waals surface area contributed by atoms with Crippen molar-refractivity contribution in [2.24, 2.45) is 0 Å². The Morgan fingerprint density at radius 1 is 1.45 bits per heavy atom. The Morgan fingerprint density at radius 3 is 2.95 bits per heavy atom. The number of halogens is 2. The second-order valence-corrected chi connectivity index (χ2v) is 5.95. The molecule has 0 aromatic heterocycles. The molecule has 110 valence electrons. The minimum Gasteiger partial charge on any atom is -0.489 e. The summed E-state index contributed by atoms with van der Waals surface area (Å²) >= 11 is 13.4. The fourth-order valence-electron chi connectivity index (χ4n) is 1.38. The topological polar surface area (TPSA) is 41.5 Å². The Hall–Kier alpha value is -0.570. The van der Waals surface area contributed by atoms with Crippen LogP contribution in [0.1, 0.15) is 0 Å². The summed E-state index contributed by atoms with van der Waals surface area (Å²) in [5.41, 5.74) is 0. The molecule has 0 heterocycles. The first-order valence-corrected chi connectivity index (χ1v) is 8.02. The average Bonchev–Trinajstić information content (AvgIpc) is 2.41. The quantitative estimate of drug-likeness (QED) is 0.538. The summed E-state index contributed by atoms with van der Waals surface area (Å²) in [6.45, 7) is 1.43. The van der Waals surface area contributed by atoms with Gasteiger partial charge in [-0.05, 0) is 18.2 Å². The van der Waals surface area contributed by atoms with E-state index in [0.29, 0.717) is 28.1 Å². The van der Waals surface area contributed by atoms with Gasteiger partial charge < -0.3 is 15.2 Å². The Bertz CT molecular complexity index is 451. The van der Waals surface area contributed by atoms with Crippen LogP contribution >= 0.6 is 35.0 Å². The SMILES string of the molecule is C#CCSCCNCC(O)COc1ccc(Cl)cc1Cl. The molecule has 0 aliphatic heterocycles. The van der Waals surface area contributed by atoms with E-state index in [2.05, 4.69) is 11.2 Å². The van der Waals surface area contributed by atoms with Crippen LogP contribution in [0, 0.1) is 12.3 Å². The first kappa shape index (κ1) is 17.5. The highest BCUT2D eigenvalue weighted by molar-refractivity contribution is 7.99. The van der Waals surface area contributed by atoms with Crippen LogP contribution in [0.2, 0.25) is 10.0 Å². The molecule has 20 heavy (non-hydrogen) atoms. The second kappa shape index (κ2) is 10.2. The summed E-state index contributed by atoms with van der Waals surface area (Å²) in [5.74, 6) is 4.70. The molecule has 2 N–H and O–H groups in total. The Morgan fingerprint density at radius 2 is 2.25 bits per heavy atom. The summed E-state index contributed by atoms with van der Waals surface area (Å²) < 4.78 is 5.44. The minimum absolute atomic E-state index is 0.172. The van der Waals surface area contributed by atoms with Crippen LogP contribution in [0.3, 0.4) is 0 Å². The zero-order chi connectivity index (χ0) is 14.8. The monoisotopic (exact) mass is 333 g/mol. The predicted molar refractivity (Wildman–Crippen MR) is 87.0 cm³/mol. The van der Waals surface area contributed by atoms with E-state index >= 15 is 0 Å². The molecule has 1 rings (SSSR count). The molecule has 1 aromatic rings. The van der Waals surface area contributed by atoms with Gasteiger partial charge >= 0.3 is 0 Å². The summed E-state index contributed by atoms with van der Waals surface area (Å²) in [6.07, 6.45) is 4.54. The number of hydrogen-bond acceptors (Lipinski definition) is 4. The largest absolute Gasteiger partial charge is 0.489 e. The van der Waals surface area contributed by atoms with Crippen molar-refractivity contribution < 1.29 is 9.84 Å². The first-order valence-electron chi connectivity index (χ1n) is 6.11. The maximum absolute atomic E-state index is 9.76. The van der Waals surface area contributed by atoms with Crippen molar-refractivity contribution in [1.82, 2.24) is 5.32 Å². The van der Waals surface area contributed by atoms with Crippen molar-refractivity contribution in [2.75, 3.05) is 31.2 Å². The van der Waals surface area contributed by atoms with E-state index in [1.54, 1.807) is 30.0 Å². The van der Waals surface area contributed by atoms with Gasteiger partial charge in [0.1, 0.15) is 18.5 Å². The highest BCUT2D eigenvalue weighted by Gasteiger charge is 2.07. The molecule has 0 radical (unpaired) electrons. The number of nitrogens with one attached hydrogen (secondary N) is 1. The lowest BCUT2D eigenvalue weighted by Crippen LogP contribution is -2.32. The maximum atomic E-state index is 9.76. The zero-order valence-electron chi connectivity index (χ0n) is 10.9. The van der Waals surface area contributed by atoms with Gasteiger partial charge in [0.05, 0.1) is 10.8 Å². The maximum Gasteiger partial charge on any atom is 0.138 e. The van der Waals surface area contributed by atoms with Gasteiger partial charge in [-0.25, -0.2) is 0 Å². The van der Waals surface area contributed by atoms with Gasteiger partial charge in [0.15, 0.2) is 0 Å². The summed E-state index contributed by atoms with van der Waals surface area (Å²) in [4.78, 5) is 0.